The average molecular weight is 201 g/mol. The minimum atomic E-state index is -4.72. The van der Waals surface area contributed by atoms with Gasteiger partial charge < -0.3 is 12.9 Å². The largest absolute Gasteiger partial charge is 0.482 e. The molecule has 4 heteroatoms. The van der Waals surface area contributed by atoms with Gasteiger partial charge in [0.05, 0.1) is 0 Å². The number of benzene rings is 1. The first kappa shape index (κ1) is 11.2. The van der Waals surface area contributed by atoms with E-state index in [9.17, 15) is 12.9 Å². The van der Waals surface area contributed by atoms with Crippen LogP contribution in [0.5, 0.6) is 0 Å². The van der Waals surface area contributed by atoms with Gasteiger partial charge in [-0.05, 0) is 11.5 Å². The molecule has 0 nitrogen and oxygen atoms in total. The van der Waals surface area contributed by atoms with Crippen LogP contribution in [-0.4, -0.2) is 6.98 Å². The average Bonchev–Trinajstić information content (AvgIpc) is 2.01. The molecular formula is C10H13BF3-. The molecule has 0 unspecified atom stereocenters. The minimum Gasteiger partial charge on any atom is -0.449 e. The second kappa shape index (κ2) is 4.07. The maximum Gasteiger partial charge on any atom is 0.482 e. The molecule has 14 heavy (non-hydrogen) atoms. The van der Waals surface area contributed by atoms with Crippen LogP contribution in [0.25, 0.3) is 0 Å². The fourth-order valence-corrected chi connectivity index (χ4v) is 1.35. The van der Waals surface area contributed by atoms with Crippen LogP contribution in [-0.2, 0) is 6.32 Å². The van der Waals surface area contributed by atoms with Gasteiger partial charge in [0.25, 0.3) is 0 Å². The fraction of sp³-hybridized carbons (Fsp3) is 0.400. The SMILES string of the molecule is CC(C)c1cccc(C[B-](F)(F)F)c1. The predicted molar refractivity (Wildman–Crippen MR) is 53.3 cm³/mol. The third kappa shape index (κ3) is 3.44. The molecule has 0 N–H and O–H groups in total. The van der Waals surface area contributed by atoms with E-state index in [1.54, 1.807) is 12.1 Å². The normalized spacial score (nSPS) is 12.1. The Hall–Kier alpha value is -0.925. The van der Waals surface area contributed by atoms with Crippen LogP contribution < -0.4 is 0 Å². The van der Waals surface area contributed by atoms with Crippen molar-refractivity contribution in [3.8, 4) is 0 Å². The second-order valence-electron chi connectivity index (χ2n) is 3.81. The van der Waals surface area contributed by atoms with Gasteiger partial charge in [-0.2, -0.15) is 0 Å². The lowest BCUT2D eigenvalue weighted by Crippen LogP contribution is -2.19. The van der Waals surface area contributed by atoms with Crippen LogP contribution in [0.2, 0.25) is 0 Å². The van der Waals surface area contributed by atoms with Crippen LogP contribution in [0, 0.1) is 0 Å². The Morgan fingerprint density at radius 2 is 1.86 bits per heavy atom. The van der Waals surface area contributed by atoms with Gasteiger partial charge in [0.1, 0.15) is 0 Å². The van der Waals surface area contributed by atoms with Crippen molar-refractivity contribution >= 4 is 6.98 Å². The fourth-order valence-electron chi connectivity index (χ4n) is 1.35. The molecule has 0 bridgehead atoms. The van der Waals surface area contributed by atoms with Gasteiger partial charge in [-0.15, -0.1) is 0 Å². The molecule has 0 aliphatic heterocycles. The van der Waals surface area contributed by atoms with Gasteiger partial charge in [-0.3, -0.25) is 0 Å². The molecule has 0 aromatic heterocycles. The van der Waals surface area contributed by atoms with Gasteiger partial charge >= 0.3 is 6.98 Å². The van der Waals surface area contributed by atoms with Gasteiger partial charge in [0.15, 0.2) is 0 Å². The van der Waals surface area contributed by atoms with E-state index in [0.717, 1.165) is 5.56 Å². The van der Waals surface area contributed by atoms with Crippen LogP contribution in [0.1, 0.15) is 30.9 Å². The van der Waals surface area contributed by atoms with Crippen molar-refractivity contribution in [2.24, 2.45) is 0 Å². The summed E-state index contributed by atoms with van der Waals surface area (Å²) in [6, 6.07) is 6.71. The Bertz CT molecular complexity index is 304. The molecule has 78 valence electrons. The van der Waals surface area contributed by atoms with Gasteiger partial charge in [-0.25, -0.2) is 0 Å². The Morgan fingerprint density at radius 3 is 2.36 bits per heavy atom. The third-order valence-electron chi connectivity index (χ3n) is 2.08. The van der Waals surface area contributed by atoms with Crippen LogP contribution in [0.4, 0.5) is 12.9 Å². The summed E-state index contributed by atoms with van der Waals surface area (Å²) in [6.07, 6.45) is -0.777. The molecule has 0 radical (unpaired) electrons. The molecule has 0 atom stereocenters. The molecule has 0 amide bonds. The van der Waals surface area contributed by atoms with Crippen molar-refractivity contribution in [3.63, 3.8) is 0 Å². The van der Waals surface area contributed by atoms with Gasteiger partial charge in [-0.1, -0.05) is 50.0 Å². The third-order valence-corrected chi connectivity index (χ3v) is 2.08. The maximum absolute atomic E-state index is 12.1. The van der Waals surface area contributed by atoms with Crippen molar-refractivity contribution in [3.05, 3.63) is 35.4 Å². The first-order valence-electron chi connectivity index (χ1n) is 4.68. The van der Waals surface area contributed by atoms with Gasteiger partial charge in [0, 0.05) is 0 Å². The highest BCUT2D eigenvalue weighted by Crippen LogP contribution is 2.20. The van der Waals surface area contributed by atoms with Crippen molar-refractivity contribution < 1.29 is 12.9 Å². The smallest absolute Gasteiger partial charge is 0.449 e. The molecule has 0 aliphatic rings. The highest BCUT2D eigenvalue weighted by atomic mass is 19.4. The summed E-state index contributed by atoms with van der Waals surface area (Å²) in [7, 11) is 0. The van der Waals surface area contributed by atoms with Crippen LogP contribution >= 0.6 is 0 Å². The van der Waals surface area contributed by atoms with E-state index >= 15 is 0 Å². The zero-order valence-electron chi connectivity index (χ0n) is 8.31. The molecule has 1 aromatic carbocycles. The summed E-state index contributed by atoms with van der Waals surface area (Å²) >= 11 is 0. The summed E-state index contributed by atoms with van der Waals surface area (Å²) in [6.45, 7) is -0.778. The lowest BCUT2D eigenvalue weighted by Gasteiger charge is -2.15. The maximum atomic E-state index is 12.1. The van der Waals surface area contributed by atoms with Crippen LogP contribution in [0.15, 0.2) is 24.3 Å². The zero-order chi connectivity index (χ0) is 10.8. The van der Waals surface area contributed by atoms with E-state index in [2.05, 4.69) is 0 Å². The van der Waals surface area contributed by atoms with E-state index in [-0.39, 0.29) is 5.92 Å². The van der Waals surface area contributed by atoms with Crippen molar-refractivity contribution in [1.82, 2.24) is 0 Å². The topological polar surface area (TPSA) is 0 Å². The zero-order valence-corrected chi connectivity index (χ0v) is 8.31. The van der Waals surface area contributed by atoms with Crippen molar-refractivity contribution in [2.75, 3.05) is 0 Å². The van der Waals surface area contributed by atoms with Crippen LogP contribution in [0.3, 0.4) is 0 Å². The molecule has 1 aromatic rings. The minimum absolute atomic E-state index is 0.274. The molecule has 0 saturated carbocycles. The summed E-state index contributed by atoms with van der Waals surface area (Å²) in [5.41, 5.74) is 1.33. The second-order valence-corrected chi connectivity index (χ2v) is 3.81. The quantitative estimate of drug-likeness (QED) is 0.653. The standard InChI is InChI=1S/C10H13BF3/c1-8(2)10-5-3-4-9(6-10)7-11(12,13)14/h3-6,8H,7H2,1-2H3/q-1. The lowest BCUT2D eigenvalue weighted by molar-refractivity contribution is 0.468. The number of hydrogen-bond acceptors (Lipinski definition) is 0. The Morgan fingerprint density at radius 1 is 1.21 bits per heavy atom. The number of hydrogen-bond donors (Lipinski definition) is 0. The summed E-state index contributed by atoms with van der Waals surface area (Å²) in [5, 5.41) is 0. The lowest BCUT2D eigenvalue weighted by atomic mass is 9.81. The highest BCUT2D eigenvalue weighted by molar-refractivity contribution is 6.57. The first-order valence-corrected chi connectivity index (χ1v) is 4.68. The Balaban J connectivity index is 2.84. The molecule has 0 fully saturated rings. The molecule has 0 saturated heterocycles. The monoisotopic (exact) mass is 201 g/mol. The van der Waals surface area contributed by atoms with Gasteiger partial charge in [0.2, 0.25) is 0 Å². The highest BCUT2D eigenvalue weighted by Gasteiger charge is 2.23. The summed E-state index contributed by atoms with van der Waals surface area (Å²) in [4.78, 5) is 0. The number of rotatable bonds is 3. The van der Waals surface area contributed by atoms with E-state index in [0.29, 0.717) is 5.56 Å². The predicted octanol–water partition coefficient (Wildman–Crippen LogP) is 3.74. The van der Waals surface area contributed by atoms with E-state index in [1.165, 1.54) is 6.07 Å². The first-order chi connectivity index (χ1) is 6.38. The van der Waals surface area contributed by atoms with E-state index < -0.39 is 13.3 Å². The van der Waals surface area contributed by atoms with Crippen molar-refractivity contribution in [1.29, 1.82) is 0 Å². The molecule has 1 rings (SSSR count). The summed E-state index contributed by atoms with van der Waals surface area (Å²) in [5.74, 6) is 0.274. The van der Waals surface area contributed by atoms with E-state index in [4.69, 9.17) is 0 Å². The molecule has 0 spiro atoms. The Labute approximate surface area is 82.2 Å². The van der Waals surface area contributed by atoms with E-state index in [1.807, 2.05) is 19.9 Å². The Kier molecular flexibility index (Phi) is 3.24. The van der Waals surface area contributed by atoms with Crippen molar-refractivity contribution in [2.45, 2.75) is 26.1 Å². The molecular weight excluding hydrogens is 188 g/mol. The molecule has 0 aliphatic carbocycles. The number of halogens is 3. The molecule has 0 heterocycles. The summed E-state index contributed by atoms with van der Waals surface area (Å²) < 4.78 is 36.4.